The highest BCUT2D eigenvalue weighted by atomic mass is 32.1. The zero-order valence-corrected chi connectivity index (χ0v) is 19.0. The Morgan fingerprint density at radius 1 is 1.03 bits per heavy atom. The Labute approximate surface area is 204 Å². The third kappa shape index (κ3) is 3.82. The van der Waals surface area contributed by atoms with Gasteiger partial charge in [-0.15, -0.1) is 0 Å². The monoisotopic (exact) mass is 489 g/mol. The highest BCUT2D eigenvalue weighted by Gasteiger charge is 2.53. The van der Waals surface area contributed by atoms with Gasteiger partial charge in [0.2, 0.25) is 0 Å². The molecule has 176 valence electrons. The molecular formula is C24H19N5O5S. The van der Waals surface area contributed by atoms with Gasteiger partial charge in [0.1, 0.15) is 23.0 Å². The predicted molar refractivity (Wildman–Crippen MR) is 131 cm³/mol. The molecule has 0 saturated carbocycles. The zero-order chi connectivity index (χ0) is 24.6. The van der Waals surface area contributed by atoms with Crippen LogP contribution in [-0.4, -0.2) is 34.4 Å². The number of nitrogens with one attached hydrogen (secondary N) is 2. The lowest BCUT2D eigenvalue weighted by Crippen LogP contribution is -2.33. The Bertz CT molecular complexity index is 1370. The van der Waals surface area contributed by atoms with Crippen molar-refractivity contribution in [1.29, 1.82) is 0 Å². The summed E-state index contributed by atoms with van der Waals surface area (Å²) in [7, 11) is 0. The van der Waals surface area contributed by atoms with Crippen molar-refractivity contribution in [2.75, 3.05) is 18.4 Å². The number of fused-ring (bicyclic) bond motifs is 6. The van der Waals surface area contributed by atoms with Crippen molar-refractivity contribution in [3.05, 3.63) is 87.3 Å². The summed E-state index contributed by atoms with van der Waals surface area (Å²) in [6.07, 6.45) is 0.622. The van der Waals surface area contributed by atoms with Crippen LogP contribution in [0.5, 0.6) is 23.0 Å². The number of hydrogen-bond donors (Lipinski definition) is 4. The molecule has 35 heavy (non-hydrogen) atoms. The Hall–Kier alpha value is -4.47. The lowest BCUT2D eigenvalue weighted by molar-refractivity contribution is 0.0224. The van der Waals surface area contributed by atoms with Crippen LogP contribution in [0.25, 0.3) is 10.4 Å². The van der Waals surface area contributed by atoms with Crippen molar-refractivity contribution < 1.29 is 24.5 Å². The van der Waals surface area contributed by atoms with E-state index in [1.54, 1.807) is 30.3 Å². The van der Waals surface area contributed by atoms with Gasteiger partial charge in [-0.3, -0.25) is 0 Å². The zero-order valence-electron chi connectivity index (χ0n) is 18.2. The van der Waals surface area contributed by atoms with Crippen LogP contribution in [0.3, 0.4) is 0 Å². The smallest absolute Gasteiger partial charge is 0.340 e. The Balaban J connectivity index is 1.51. The predicted octanol–water partition coefficient (Wildman–Crippen LogP) is 4.65. The molecule has 2 heterocycles. The number of ether oxygens (including phenoxy) is 2. The fourth-order valence-electron chi connectivity index (χ4n) is 4.35. The summed E-state index contributed by atoms with van der Waals surface area (Å²) in [5.41, 5.74) is 9.66. The number of hydrogen-bond acceptors (Lipinski definition) is 7. The van der Waals surface area contributed by atoms with E-state index in [1.165, 1.54) is 24.3 Å². The number of benzene rings is 3. The van der Waals surface area contributed by atoms with Gasteiger partial charge in [-0.05, 0) is 60.6 Å². The molecule has 0 radical (unpaired) electrons. The standard InChI is InChI=1S/C24H19N5O5S/c25-29-27-9-1-8-26-23(35)28-13-2-5-17-16(10-13)22(32)34-24(17)18-6-3-14(30)11-20(18)33-21-12-15(31)4-7-19(21)24/h2-7,10-12,30-31H,1,8-9H2,(H2,26,28,35). The molecule has 0 atom stereocenters. The molecule has 2 aliphatic heterocycles. The summed E-state index contributed by atoms with van der Waals surface area (Å²) in [5, 5.41) is 29.9. The number of azide groups is 1. The maximum Gasteiger partial charge on any atom is 0.340 e. The van der Waals surface area contributed by atoms with Crippen LogP contribution >= 0.6 is 12.2 Å². The van der Waals surface area contributed by atoms with Crippen LogP contribution in [0.2, 0.25) is 0 Å². The highest BCUT2D eigenvalue weighted by molar-refractivity contribution is 7.80. The lowest BCUT2D eigenvalue weighted by atomic mass is 9.77. The third-order valence-corrected chi connectivity index (χ3v) is 6.06. The van der Waals surface area contributed by atoms with E-state index in [0.717, 1.165) is 0 Å². The van der Waals surface area contributed by atoms with Gasteiger partial charge in [-0.25, -0.2) is 4.79 Å². The molecule has 1 spiro atoms. The van der Waals surface area contributed by atoms with Crippen LogP contribution in [0.4, 0.5) is 5.69 Å². The lowest BCUT2D eigenvalue weighted by Gasteiger charge is -2.36. The van der Waals surface area contributed by atoms with Crippen LogP contribution < -0.4 is 15.4 Å². The minimum atomic E-state index is -1.31. The topological polar surface area (TPSA) is 149 Å². The number of carbonyl (C=O) groups excluding carboxylic acids is 1. The average Bonchev–Trinajstić information content (AvgIpc) is 3.11. The first-order valence-corrected chi connectivity index (χ1v) is 11.1. The van der Waals surface area contributed by atoms with Gasteiger partial charge in [-0.1, -0.05) is 11.2 Å². The van der Waals surface area contributed by atoms with Crippen molar-refractivity contribution in [3.8, 4) is 23.0 Å². The van der Waals surface area contributed by atoms with E-state index in [9.17, 15) is 15.0 Å². The van der Waals surface area contributed by atoms with Crippen molar-refractivity contribution in [3.63, 3.8) is 0 Å². The van der Waals surface area contributed by atoms with Gasteiger partial charge in [0.05, 0.1) is 5.56 Å². The molecule has 4 N–H and O–H groups in total. The normalized spacial score (nSPS) is 14.0. The van der Waals surface area contributed by atoms with Crippen LogP contribution in [-0.2, 0) is 10.3 Å². The van der Waals surface area contributed by atoms with Crippen molar-refractivity contribution >= 4 is 29.0 Å². The minimum absolute atomic E-state index is 0.00737. The third-order valence-electron chi connectivity index (χ3n) is 5.82. The first-order chi connectivity index (χ1) is 16.9. The molecule has 3 aromatic rings. The molecule has 0 unspecified atom stereocenters. The van der Waals surface area contributed by atoms with Gasteiger partial charge in [0.25, 0.3) is 0 Å². The number of carbonyl (C=O) groups is 1. The Morgan fingerprint density at radius 3 is 2.34 bits per heavy atom. The number of thiocarbonyl (C=S) groups is 1. The van der Waals surface area contributed by atoms with Gasteiger partial charge in [0, 0.05) is 52.5 Å². The average molecular weight is 490 g/mol. The highest BCUT2D eigenvalue weighted by Crippen LogP contribution is 2.57. The molecule has 0 aliphatic carbocycles. The summed E-state index contributed by atoms with van der Waals surface area (Å²) in [4.78, 5) is 15.8. The summed E-state index contributed by atoms with van der Waals surface area (Å²) in [6, 6.07) is 14.4. The first kappa shape index (κ1) is 22.3. The van der Waals surface area contributed by atoms with Crippen molar-refractivity contribution in [2.24, 2.45) is 5.11 Å². The molecular weight excluding hydrogens is 470 g/mol. The number of esters is 1. The Morgan fingerprint density at radius 2 is 1.69 bits per heavy atom. The number of phenolic OH excluding ortho intramolecular Hbond substituents is 2. The summed E-state index contributed by atoms with van der Waals surface area (Å²) in [6.45, 7) is 0.884. The summed E-state index contributed by atoms with van der Waals surface area (Å²) in [5.74, 6) is 0.0880. The van der Waals surface area contributed by atoms with E-state index in [-0.39, 0.29) is 11.5 Å². The number of phenols is 2. The molecule has 10 nitrogen and oxygen atoms in total. The fraction of sp³-hybridized carbons (Fsp3) is 0.167. The van der Waals surface area contributed by atoms with Crippen molar-refractivity contribution in [1.82, 2.24) is 5.32 Å². The van der Waals surface area contributed by atoms with Gasteiger partial charge in [-0.2, -0.15) is 0 Å². The van der Waals surface area contributed by atoms with E-state index in [1.807, 2.05) is 0 Å². The van der Waals surface area contributed by atoms with Gasteiger partial charge in [0.15, 0.2) is 10.7 Å². The minimum Gasteiger partial charge on any atom is -0.508 e. The van der Waals surface area contributed by atoms with Crippen LogP contribution in [0.1, 0.15) is 33.5 Å². The number of rotatable bonds is 5. The van der Waals surface area contributed by atoms with Gasteiger partial charge < -0.3 is 30.3 Å². The molecule has 0 amide bonds. The maximum absolute atomic E-state index is 13.1. The van der Waals surface area contributed by atoms with E-state index in [2.05, 4.69) is 20.7 Å². The number of nitrogens with zero attached hydrogens (tertiary/aromatic N) is 3. The molecule has 0 saturated heterocycles. The molecule has 0 bridgehead atoms. The molecule has 2 aliphatic rings. The number of aromatic hydroxyl groups is 2. The van der Waals surface area contributed by atoms with E-state index in [0.29, 0.717) is 64.1 Å². The van der Waals surface area contributed by atoms with Gasteiger partial charge >= 0.3 is 5.97 Å². The summed E-state index contributed by atoms with van der Waals surface area (Å²) >= 11 is 5.31. The second kappa shape index (κ2) is 8.71. The Kier molecular flexibility index (Phi) is 5.56. The second-order valence-corrected chi connectivity index (χ2v) is 8.39. The first-order valence-electron chi connectivity index (χ1n) is 10.7. The molecule has 11 heteroatoms. The number of anilines is 1. The van der Waals surface area contributed by atoms with E-state index >= 15 is 0 Å². The largest absolute Gasteiger partial charge is 0.508 e. The SMILES string of the molecule is [N-]=[N+]=NCCCNC(=S)Nc1ccc2c(c1)C(=O)OC21c2ccc(O)cc2Oc2cc(O)ccc21. The molecule has 3 aromatic carbocycles. The maximum atomic E-state index is 13.1. The van der Waals surface area contributed by atoms with Crippen molar-refractivity contribution in [2.45, 2.75) is 12.0 Å². The van der Waals surface area contributed by atoms with Crippen LogP contribution in [0, 0.1) is 0 Å². The fourth-order valence-corrected chi connectivity index (χ4v) is 4.57. The summed E-state index contributed by atoms with van der Waals surface area (Å²) < 4.78 is 12.0. The van der Waals surface area contributed by atoms with E-state index < -0.39 is 11.6 Å². The van der Waals surface area contributed by atoms with Crippen LogP contribution in [0.15, 0.2) is 59.7 Å². The molecule has 0 aromatic heterocycles. The quantitative estimate of drug-likeness (QED) is 0.101. The van der Waals surface area contributed by atoms with E-state index in [4.69, 9.17) is 27.2 Å². The molecule has 0 fully saturated rings. The molecule has 5 rings (SSSR count). The second-order valence-electron chi connectivity index (χ2n) is 7.98.